The molecule has 0 atom stereocenters. The molecule has 4 rings (SSSR count). The Balaban J connectivity index is 1.59. The van der Waals surface area contributed by atoms with Gasteiger partial charge in [0.1, 0.15) is 5.58 Å². The lowest BCUT2D eigenvalue weighted by molar-refractivity contribution is 0.251. The van der Waals surface area contributed by atoms with Crippen LogP contribution < -0.4 is 16.1 Å². The second-order valence-electron chi connectivity index (χ2n) is 6.82. The number of carbonyl (C=O) groups excluding carboxylic acids is 1. The zero-order chi connectivity index (χ0) is 22.0. The molecule has 0 unspecified atom stereocenters. The Hall–Kier alpha value is -4.46. The Morgan fingerprint density at radius 2 is 1.68 bits per heavy atom. The molecule has 0 saturated heterocycles. The third-order valence-corrected chi connectivity index (χ3v) is 4.66. The van der Waals surface area contributed by atoms with Crippen molar-refractivity contribution < 1.29 is 24.5 Å². The average molecular weight is 418 g/mol. The van der Waals surface area contributed by atoms with Crippen LogP contribution in [0, 0.1) is 0 Å². The van der Waals surface area contributed by atoms with Gasteiger partial charge < -0.3 is 30.4 Å². The predicted octanol–water partition coefficient (Wildman–Crippen LogP) is 3.90. The van der Waals surface area contributed by atoms with Gasteiger partial charge in [-0.3, -0.25) is 4.79 Å². The number of hydrogen-bond acceptors (Lipinski definition) is 6. The van der Waals surface area contributed by atoms with E-state index < -0.39 is 23.0 Å². The number of anilines is 1. The molecule has 156 valence electrons. The normalized spacial score (nSPS) is 10.7. The van der Waals surface area contributed by atoms with E-state index in [0.29, 0.717) is 12.2 Å². The maximum absolute atomic E-state index is 12.7. The lowest BCUT2D eigenvalue weighted by Gasteiger charge is -2.10. The number of carbonyl (C=O) groups is 1. The number of amides is 2. The summed E-state index contributed by atoms with van der Waals surface area (Å²) in [6, 6.07) is 17.2. The van der Waals surface area contributed by atoms with Crippen molar-refractivity contribution in [3.63, 3.8) is 0 Å². The van der Waals surface area contributed by atoms with E-state index in [9.17, 15) is 24.9 Å². The van der Waals surface area contributed by atoms with Crippen LogP contribution in [0.3, 0.4) is 0 Å². The van der Waals surface area contributed by atoms with Crippen molar-refractivity contribution in [1.82, 2.24) is 5.32 Å². The zero-order valence-electron chi connectivity index (χ0n) is 16.1. The van der Waals surface area contributed by atoms with Crippen LogP contribution in [-0.2, 0) is 6.54 Å². The third-order valence-electron chi connectivity index (χ3n) is 4.66. The number of fused-ring (bicyclic) bond motifs is 1. The highest BCUT2D eigenvalue weighted by atomic mass is 16.4. The van der Waals surface area contributed by atoms with E-state index in [-0.39, 0.29) is 28.0 Å². The first-order valence-corrected chi connectivity index (χ1v) is 9.33. The summed E-state index contributed by atoms with van der Waals surface area (Å²) in [6.07, 6.45) is 0. The summed E-state index contributed by atoms with van der Waals surface area (Å²) < 4.78 is 5.65. The van der Waals surface area contributed by atoms with Crippen molar-refractivity contribution in [3.8, 4) is 28.6 Å². The Bertz CT molecular complexity index is 1330. The summed E-state index contributed by atoms with van der Waals surface area (Å²) in [5.41, 5.74) is 0.987. The molecule has 2 amide bonds. The summed E-state index contributed by atoms with van der Waals surface area (Å²) in [4.78, 5) is 24.8. The van der Waals surface area contributed by atoms with Crippen LogP contribution in [0.2, 0.25) is 0 Å². The highest BCUT2D eigenvalue weighted by molar-refractivity contribution is 5.93. The maximum Gasteiger partial charge on any atom is 0.319 e. The van der Waals surface area contributed by atoms with Crippen LogP contribution in [0.4, 0.5) is 10.5 Å². The highest BCUT2D eigenvalue weighted by Gasteiger charge is 2.17. The first-order chi connectivity index (χ1) is 14.9. The molecule has 0 saturated carbocycles. The van der Waals surface area contributed by atoms with Crippen molar-refractivity contribution in [2.75, 3.05) is 5.32 Å². The molecule has 3 aromatic carbocycles. The Kier molecular flexibility index (Phi) is 5.19. The molecule has 0 radical (unpaired) electrons. The first-order valence-electron chi connectivity index (χ1n) is 9.33. The van der Waals surface area contributed by atoms with Crippen LogP contribution in [-0.4, -0.2) is 21.4 Å². The van der Waals surface area contributed by atoms with Crippen molar-refractivity contribution >= 4 is 22.7 Å². The van der Waals surface area contributed by atoms with E-state index in [1.807, 2.05) is 30.3 Å². The van der Waals surface area contributed by atoms with Crippen molar-refractivity contribution in [3.05, 3.63) is 82.5 Å². The average Bonchev–Trinajstić information content (AvgIpc) is 2.78. The smallest absolute Gasteiger partial charge is 0.319 e. The molecule has 4 aromatic rings. The number of benzene rings is 3. The van der Waals surface area contributed by atoms with E-state index in [4.69, 9.17) is 4.42 Å². The van der Waals surface area contributed by atoms with E-state index in [1.54, 1.807) is 6.07 Å². The molecule has 8 heteroatoms. The van der Waals surface area contributed by atoms with Gasteiger partial charge in [0.25, 0.3) is 0 Å². The minimum Gasteiger partial charge on any atom is -0.504 e. The number of nitrogens with one attached hydrogen (secondary N) is 2. The van der Waals surface area contributed by atoms with Gasteiger partial charge in [-0.15, -0.1) is 0 Å². The highest BCUT2D eigenvalue weighted by Crippen LogP contribution is 2.35. The summed E-state index contributed by atoms with van der Waals surface area (Å²) in [5.74, 6) is -1.55. The minimum absolute atomic E-state index is 0.0742. The van der Waals surface area contributed by atoms with Crippen molar-refractivity contribution in [2.24, 2.45) is 0 Å². The topological polar surface area (TPSA) is 132 Å². The Morgan fingerprint density at radius 3 is 2.42 bits per heavy atom. The molecule has 1 aromatic heterocycles. The SMILES string of the molecule is O=C(NCc1ccccc1)Nc1ccc2oc(-c3ccc(O)c(O)c3)c(O)c(=O)c2c1. The molecule has 0 aliphatic rings. The summed E-state index contributed by atoms with van der Waals surface area (Å²) in [6.45, 7) is 0.339. The number of rotatable bonds is 4. The predicted molar refractivity (Wildman–Crippen MR) is 115 cm³/mol. The molecule has 1 heterocycles. The fourth-order valence-corrected chi connectivity index (χ4v) is 3.08. The van der Waals surface area contributed by atoms with Gasteiger partial charge in [-0.05, 0) is 42.0 Å². The molecule has 0 bridgehead atoms. The number of aromatic hydroxyl groups is 3. The number of hydrogen-bond donors (Lipinski definition) is 5. The molecular formula is C23H18N2O6. The van der Waals surface area contributed by atoms with Crippen LogP contribution in [0.1, 0.15) is 5.56 Å². The molecule has 5 N–H and O–H groups in total. The van der Waals surface area contributed by atoms with Crippen LogP contribution in [0.5, 0.6) is 17.2 Å². The second kappa shape index (κ2) is 8.11. The van der Waals surface area contributed by atoms with Crippen LogP contribution >= 0.6 is 0 Å². The van der Waals surface area contributed by atoms with Gasteiger partial charge in [0.15, 0.2) is 17.3 Å². The Morgan fingerprint density at radius 1 is 0.903 bits per heavy atom. The lowest BCUT2D eigenvalue weighted by atomic mass is 10.1. The van der Waals surface area contributed by atoms with Gasteiger partial charge in [0.2, 0.25) is 11.2 Å². The summed E-state index contributed by atoms with van der Waals surface area (Å²) in [5, 5.41) is 34.9. The quantitative estimate of drug-likeness (QED) is 0.319. The third kappa shape index (κ3) is 4.13. The fraction of sp³-hybridized carbons (Fsp3) is 0.0435. The lowest BCUT2D eigenvalue weighted by Crippen LogP contribution is -2.28. The molecule has 8 nitrogen and oxygen atoms in total. The largest absolute Gasteiger partial charge is 0.504 e. The summed E-state index contributed by atoms with van der Waals surface area (Å²) in [7, 11) is 0. The Labute approximate surface area is 176 Å². The van der Waals surface area contributed by atoms with E-state index in [1.165, 1.54) is 30.3 Å². The number of urea groups is 1. The van der Waals surface area contributed by atoms with Gasteiger partial charge in [-0.1, -0.05) is 30.3 Å². The first kappa shape index (κ1) is 19.8. The maximum atomic E-state index is 12.7. The van der Waals surface area contributed by atoms with Gasteiger partial charge in [0.05, 0.1) is 5.39 Å². The molecule has 0 fully saturated rings. The van der Waals surface area contributed by atoms with E-state index >= 15 is 0 Å². The van der Waals surface area contributed by atoms with Gasteiger partial charge in [-0.2, -0.15) is 0 Å². The molecular weight excluding hydrogens is 400 g/mol. The van der Waals surface area contributed by atoms with Crippen molar-refractivity contribution in [1.29, 1.82) is 0 Å². The van der Waals surface area contributed by atoms with Gasteiger partial charge in [0, 0.05) is 17.8 Å². The molecule has 0 aliphatic heterocycles. The zero-order valence-corrected chi connectivity index (χ0v) is 16.1. The minimum atomic E-state index is -0.697. The van der Waals surface area contributed by atoms with Crippen LogP contribution in [0.25, 0.3) is 22.3 Å². The molecule has 0 spiro atoms. The standard InChI is InChI=1S/C23H18N2O6/c26-17-8-6-14(10-18(17)27)22-21(29)20(28)16-11-15(7-9-19(16)31-22)25-23(30)24-12-13-4-2-1-3-5-13/h1-11,26-27,29H,12H2,(H2,24,25,30). The fourth-order valence-electron chi connectivity index (χ4n) is 3.08. The van der Waals surface area contributed by atoms with Gasteiger partial charge in [-0.25, -0.2) is 4.79 Å². The summed E-state index contributed by atoms with van der Waals surface area (Å²) >= 11 is 0. The molecule has 0 aliphatic carbocycles. The van der Waals surface area contributed by atoms with Gasteiger partial charge >= 0.3 is 6.03 Å². The second-order valence-corrected chi connectivity index (χ2v) is 6.82. The number of phenols is 2. The van der Waals surface area contributed by atoms with Crippen molar-refractivity contribution in [2.45, 2.75) is 6.54 Å². The van der Waals surface area contributed by atoms with E-state index in [2.05, 4.69) is 10.6 Å². The van der Waals surface area contributed by atoms with Crippen LogP contribution in [0.15, 0.2) is 75.9 Å². The monoisotopic (exact) mass is 418 g/mol. The van der Waals surface area contributed by atoms with E-state index in [0.717, 1.165) is 5.56 Å². The molecule has 31 heavy (non-hydrogen) atoms. The number of phenolic OH excluding ortho intramolecular Hbond substituents is 2.